The zero-order valence-corrected chi connectivity index (χ0v) is 8.34. The van der Waals surface area contributed by atoms with E-state index in [0.717, 1.165) is 5.69 Å². The van der Waals surface area contributed by atoms with Gasteiger partial charge in [-0.15, -0.1) is 0 Å². The summed E-state index contributed by atoms with van der Waals surface area (Å²) in [5, 5.41) is 11.8. The average Bonchev–Trinajstić information content (AvgIpc) is 2.79. The Balaban J connectivity index is 2.12. The molecule has 0 aliphatic rings. The number of nitrogens with one attached hydrogen (secondary N) is 2. The summed E-state index contributed by atoms with van der Waals surface area (Å²) < 4.78 is 0. The van der Waals surface area contributed by atoms with Gasteiger partial charge in [-0.3, -0.25) is 0 Å². The highest BCUT2D eigenvalue weighted by Gasteiger charge is 2.10. The summed E-state index contributed by atoms with van der Waals surface area (Å²) in [7, 11) is 0. The van der Waals surface area contributed by atoms with E-state index < -0.39 is 5.97 Å². The van der Waals surface area contributed by atoms with Gasteiger partial charge >= 0.3 is 5.97 Å². The van der Waals surface area contributed by atoms with Crippen LogP contribution in [0, 0.1) is 0 Å². The normalized spacial score (nSPS) is 10.0. The van der Waals surface area contributed by atoms with E-state index in [1.54, 1.807) is 6.20 Å². The lowest BCUT2D eigenvalue weighted by Crippen LogP contribution is -2.08. The average molecular weight is 218 g/mol. The molecule has 82 valence electrons. The van der Waals surface area contributed by atoms with Crippen LogP contribution in [0.25, 0.3) is 0 Å². The van der Waals surface area contributed by atoms with Crippen molar-refractivity contribution >= 4 is 11.8 Å². The van der Waals surface area contributed by atoms with E-state index >= 15 is 0 Å². The molecule has 0 saturated carbocycles. The van der Waals surface area contributed by atoms with Gasteiger partial charge in [0.15, 0.2) is 0 Å². The fourth-order valence-corrected chi connectivity index (χ4v) is 1.28. The van der Waals surface area contributed by atoms with Gasteiger partial charge in [0.2, 0.25) is 0 Å². The summed E-state index contributed by atoms with van der Waals surface area (Å²) in [6.45, 7) is 0.490. The zero-order chi connectivity index (χ0) is 11.4. The topological polar surface area (TPSA) is 90.9 Å². The van der Waals surface area contributed by atoms with Crippen molar-refractivity contribution in [2.24, 2.45) is 0 Å². The molecule has 0 atom stereocenters. The van der Waals surface area contributed by atoms with Gasteiger partial charge in [0.05, 0.1) is 6.54 Å². The summed E-state index contributed by atoms with van der Waals surface area (Å²) >= 11 is 0. The van der Waals surface area contributed by atoms with Crippen LogP contribution in [0.1, 0.15) is 16.1 Å². The fraction of sp³-hybridized carbons (Fsp3) is 0.100. The number of aromatic carboxylic acids is 1. The summed E-state index contributed by atoms with van der Waals surface area (Å²) in [4.78, 5) is 21.4. The van der Waals surface area contributed by atoms with Gasteiger partial charge in [-0.1, -0.05) is 0 Å². The minimum atomic E-state index is -1.05. The highest BCUT2D eigenvalue weighted by molar-refractivity contribution is 5.92. The first-order valence-corrected chi connectivity index (χ1v) is 4.67. The van der Waals surface area contributed by atoms with E-state index in [1.165, 1.54) is 12.5 Å². The van der Waals surface area contributed by atoms with Crippen molar-refractivity contribution in [2.75, 3.05) is 5.32 Å². The number of H-pyrrole nitrogens is 1. The molecule has 0 aliphatic heterocycles. The van der Waals surface area contributed by atoms with Gasteiger partial charge in [0.1, 0.15) is 17.7 Å². The van der Waals surface area contributed by atoms with Gasteiger partial charge < -0.3 is 15.4 Å². The second kappa shape index (κ2) is 4.43. The molecule has 0 fully saturated rings. The van der Waals surface area contributed by atoms with E-state index in [-0.39, 0.29) is 5.56 Å². The Morgan fingerprint density at radius 2 is 2.44 bits per heavy atom. The second-order valence-electron chi connectivity index (χ2n) is 3.14. The molecule has 0 saturated heterocycles. The lowest BCUT2D eigenvalue weighted by Gasteiger charge is -2.06. The first kappa shape index (κ1) is 10.2. The molecule has 2 aromatic rings. The number of rotatable bonds is 4. The molecule has 2 aromatic heterocycles. The molecule has 0 aliphatic carbocycles. The molecule has 3 N–H and O–H groups in total. The number of carboxylic acid groups (broad SMARTS) is 1. The third-order valence-electron chi connectivity index (χ3n) is 2.05. The molecule has 16 heavy (non-hydrogen) atoms. The molecule has 0 radical (unpaired) electrons. The SMILES string of the molecule is O=C(O)c1cncnc1NCc1ccc[nH]1. The maximum Gasteiger partial charge on any atom is 0.341 e. The zero-order valence-electron chi connectivity index (χ0n) is 8.34. The molecule has 0 unspecified atom stereocenters. The Kier molecular flexibility index (Phi) is 2.81. The van der Waals surface area contributed by atoms with E-state index in [2.05, 4.69) is 20.3 Å². The maximum absolute atomic E-state index is 10.9. The molecule has 0 aromatic carbocycles. The number of anilines is 1. The van der Waals surface area contributed by atoms with Gasteiger partial charge in [-0.2, -0.15) is 0 Å². The van der Waals surface area contributed by atoms with Crippen LogP contribution >= 0.6 is 0 Å². The summed E-state index contributed by atoms with van der Waals surface area (Å²) in [5.41, 5.74) is 1.02. The smallest absolute Gasteiger partial charge is 0.341 e. The number of carboxylic acids is 1. The standard InChI is InChI=1S/C10H10N4O2/c15-10(16)8-5-11-6-14-9(8)13-4-7-2-1-3-12-7/h1-3,5-6,12H,4H2,(H,15,16)(H,11,13,14). The Morgan fingerprint density at radius 1 is 1.56 bits per heavy atom. The van der Waals surface area contributed by atoms with Crippen LogP contribution in [0.15, 0.2) is 30.9 Å². The van der Waals surface area contributed by atoms with Crippen molar-refractivity contribution in [3.05, 3.63) is 42.1 Å². The Morgan fingerprint density at radius 3 is 3.12 bits per heavy atom. The third-order valence-corrected chi connectivity index (χ3v) is 2.05. The molecule has 6 heteroatoms. The Hall–Kier alpha value is -2.37. The van der Waals surface area contributed by atoms with E-state index in [4.69, 9.17) is 5.11 Å². The number of carbonyl (C=O) groups is 1. The quantitative estimate of drug-likeness (QED) is 0.715. The molecule has 0 spiro atoms. The predicted molar refractivity (Wildman–Crippen MR) is 57.1 cm³/mol. The van der Waals surface area contributed by atoms with Crippen LogP contribution in [0.4, 0.5) is 5.82 Å². The highest BCUT2D eigenvalue weighted by Crippen LogP contribution is 2.10. The molecule has 2 rings (SSSR count). The molecule has 0 bridgehead atoms. The van der Waals surface area contributed by atoms with Crippen LogP contribution in [0.2, 0.25) is 0 Å². The van der Waals surface area contributed by atoms with Crippen molar-refractivity contribution in [3.8, 4) is 0 Å². The predicted octanol–water partition coefficient (Wildman–Crippen LogP) is 1.11. The molecule has 0 amide bonds. The number of nitrogens with zero attached hydrogens (tertiary/aromatic N) is 2. The number of hydrogen-bond donors (Lipinski definition) is 3. The van der Waals surface area contributed by atoms with Crippen molar-refractivity contribution in [1.29, 1.82) is 0 Å². The first-order valence-electron chi connectivity index (χ1n) is 4.67. The first-order chi connectivity index (χ1) is 7.77. The lowest BCUT2D eigenvalue weighted by molar-refractivity contribution is 0.0697. The van der Waals surface area contributed by atoms with Gasteiger partial charge in [-0.05, 0) is 12.1 Å². The lowest BCUT2D eigenvalue weighted by atomic mass is 10.3. The summed E-state index contributed by atoms with van der Waals surface area (Å²) in [6.07, 6.45) is 4.38. The van der Waals surface area contributed by atoms with Crippen LogP contribution in [0.5, 0.6) is 0 Å². The van der Waals surface area contributed by atoms with E-state index in [1.807, 2.05) is 12.1 Å². The molecular formula is C10H10N4O2. The molecule has 6 nitrogen and oxygen atoms in total. The van der Waals surface area contributed by atoms with Gasteiger partial charge in [0.25, 0.3) is 0 Å². The number of aromatic amines is 1. The molecule has 2 heterocycles. The monoisotopic (exact) mass is 218 g/mol. The second-order valence-corrected chi connectivity index (χ2v) is 3.14. The number of aromatic nitrogens is 3. The van der Waals surface area contributed by atoms with Crippen molar-refractivity contribution < 1.29 is 9.90 Å². The highest BCUT2D eigenvalue weighted by atomic mass is 16.4. The number of hydrogen-bond acceptors (Lipinski definition) is 4. The fourth-order valence-electron chi connectivity index (χ4n) is 1.28. The minimum absolute atomic E-state index is 0.0639. The van der Waals surface area contributed by atoms with E-state index in [0.29, 0.717) is 12.4 Å². The maximum atomic E-state index is 10.9. The molecular weight excluding hydrogens is 208 g/mol. The van der Waals surface area contributed by atoms with Gasteiger partial charge in [0, 0.05) is 18.1 Å². The van der Waals surface area contributed by atoms with Crippen LogP contribution in [-0.2, 0) is 6.54 Å². The van der Waals surface area contributed by atoms with Crippen LogP contribution < -0.4 is 5.32 Å². The van der Waals surface area contributed by atoms with Crippen molar-refractivity contribution in [2.45, 2.75) is 6.54 Å². The van der Waals surface area contributed by atoms with E-state index in [9.17, 15) is 4.79 Å². The third kappa shape index (κ3) is 2.17. The van der Waals surface area contributed by atoms with Crippen molar-refractivity contribution in [3.63, 3.8) is 0 Å². The van der Waals surface area contributed by atoms with Crippen LogP contribution in [0.3, 0.4) is 0 Å². The summed E-state index contributed by atoms with van der Waals surface area (Å²) in [6, 6.07) is 3.77. The summed E-state index contributed by atoms with van der Waals surface area (Å²) in [5.74, 6) is -0.730. The van der Waals surface area contributed by atoms with Crippen LogP contribution in [-0.4, -0.2) is 26.0 Å². The Labute approximate surface area is 91.4 Å². The van der Waals surface area contributed by atoms with Crippen molar-refractivity contribution in [1.82, 2.24) is 15.0 Å². The van der Waals surface area contributed by atoms with Gasteiger partial charge in [-0.25, -0.2) is 14.8 Å². The largest absolute Gasteiger partial charge is 0.477 e. The Bertz CT molecular complexity index is 481. The minimum Gasteiger partial charge on any atom is -0.477 e.